The molecule has 0 spiro atoms. The van der Waals surface area contributed by atoms with Crippen molar-refractivity contribution in [3.05, 3.63) is 71.8 Å². The van der Waals surface area contributed by atoms with E-state index in [9.17, 15) is 62.3 Å². The van der Waals surface area contributed by atoms with Crippen molar-refractivity contribution in [3.63, 3.8) is 0 Å². The Labute approximate surface area is 558 Å². The van der Waals surface area contributed by atoms with E-state index in [1.807, 2.05) is 20.1 Å². The maximum Gasteiger partial charge on any atom is 0.245 e. The quantitative estimate of drug-likeness (QED) is 0.0173. The van der Waals surface area contributed by atoms with Gasteiger partial charge < -0.3 is 92.5 Å². The predicted octanol–water partition coefficient (Wildman–Crippen LogP) is -3.71. The number of primary amides is 3. The fourth-order valence-corrected chi connectivity index (χ4v) is 11.5. The lowest BCUT2D eigenvalue weighted by atomic mass is 10.0. The maximum absolute atomic E-state index is 14.7. The molecule has 524 valence electrons. The Morgan fingerprint density at radius 3 is 1.51 bits per heavy atom. The van der Waals surface area contributed by atoms with E-state index in [1.165, 1.54) is 21.6 Å². The summed E-state index contributed by atoms with van der Waals surface area (Å²) in [4.78, 5) is 185. The highest BCUT2D eigenvalue weighted by Gasteiger charge is 2.42. The van der Waals surface area contributed by atoms with Crippen LogP contribution < -0.4 is 82.7 Å². The van der Waals surface area contributed by atoms with Gasteiger partial charge in [0.15, 0.2) is 5.96 Å². The molecule has 32 heteroatoms. The molecule has 95 heavy (non-hydrogen) atoms. The van der Waals surface area contributed by atoms with Crippen molar-refractivity contribution in [2.45, 2.75) is 183 Å². The van der Waals surface area contributed by atoms with Gasteiger partial charge in [0.05, 0.1) is 12.6 Å². The number of aliphatic imine (C=N–C) groups is 1. The number of amides is 13. The zero-order valence-electron chi connectivity index (χ0n) is 54.5. The molecule has 2 saturated heterocycles. The third-order valence-electron chi connectivity index (χ3n) is 16.0. The number of hydrogen-bond acceptors (Lipinski definition) is 17. The van der Waals surface area contributed by atoms with Gasteiger partial charge in [0.25, 0.3) is 0 Å². The van der Waals surface area contributed by atoms with Gasteiger partial charge in [-0.25, -0.2) is 0 Å². The average Bonchev–Trinajstić information content (AvgIpc) is 1.74. The summed E-state index contributed by atoms with van der Waals surface area (Å²) in [6, 6.07) is 4.51. The van der Waals surface area contributed by atoms with Crippen molar-refractivity contribution in [2.24, 2.45) is 51.0 Å². The lowest BCUT2D eigenvalue weighted by Gasteiger charge is -2.32. The van der Waals surface area contributed by atoms with Crippen LogP contribution in [0.25, 0.3) is 0 Å². The van der Waals surface area contributed by atoms with Gasteiger partial charge in [-0.15, -0.1) is 0 Å². The Morgan fingerprint density at radius 1 is 0.537 bits per heavy atom. The van der Waals surface area contributed by atoms with Gasteiger partial charge in [-0.3, -0.25) is 67.3 Å². The van der Waals surface area contributed by atoms with Gasteiger partial charge in [-0.05, 0) is 119 Å². The monoisotopic (exact) mass is 1350 g/mol. The summed E-state index contributed by atoms with van der Waals surface area (Å²) in [6.07, 6.45) is 3.12. The number of nitrogens with one attached hydrogen (secondary N) is 8. The molecule has 2 fully saturated rings. The van der Waals surface area contributed by atoms with Crippen molar-refractivity contribution < 1.29 is 62.3 Å². The highest BCUT2D eigenvalue weighted by molar-refractivity contribution is 7.98. The SMILES string of the molecule is CSCC[C@H](NC(=O)[C@H](CC(C)C)NC(=O)CNC(=O)[C@H](Cc1ccccc1)NC(=O)[C@H](Cc1ccccc1)NC(=O)[C@@H](CCC(N)=O)NC(=O)[C@@H](CCC(N)=O)NC(=O)[C@@H]1CCCN1C(=O)[C@H](CCCCN)NC(=O)[C@@H]1CCCN1C(=O)[C@H](N)CCCN=C(N)N)C(N)=O. The second-order valence-corrected chi connectivity index (χ2v) is 25.1. The van der Waals surface area contributed by atoms with Crippen molar-refractivity contribution in [1.29, 1.82) is 0 Å². The van der Waals surface area contributed by atoms with Crippen LogP contribution in [0.5, 0.6) is 0 Å². The van der Waals surface area contributed by atoms with E-state index >= 15 is 0 Å². The third-order valence-corrected chi connectivity index (χ3v) is 16.7. The minimum absolute atomic E-state index is 0.0736. The number of guanidine groups is 1. The number of nitrogens with two attached hydrogens (primary N) is 7. The molecule has 2 heterocycles. The maximum atomic E-state index is 14.7. The van der Waals surface area contributed by atoms with E-state index in [-0.39, 0.29) is 83.0 Å². The lowest BCUT2D eigenvalue weighted by Crippen LogP contribution is -2.60. The Morgan fingerprint density at radius 2 is 1.01 bits per heavy atom. The minimum atomic E-state index is -1.64. The predicted molar refractivity (Wildman–Crippen MR) is 356 cm³/mol. The van der Waals surface area contributed by atoms with E-state index in [0.717, 1.165) is 0 Å². The fourth-order valence-electron chi connectivity index (χ4n) is 11.0. The smallest absolute Gasteiger partial charge is 0.245 e. The van der Waals surface area contributed by atoms with E-state index in [0.29, 0.717) is 55.4 Å². The summed E-state index contributed by atoms with van der Waals surface area (Å²) in [7, 11) is 0. The standard InChI is InChI=1S/C63H98N18O13S/c1-37(2)33-45(57(89)74-41(53(68)85)27-32-95-3)73-52(84)36-72-54(86)46(34-38-15-6-4-7-16-38)78-58(90)47(35-39-17-8-5-9-18-39)79-56(88)42(23-25-50(66)82)75-55(87)43(24-26-51(67)83)76-59(91)49-22-14-31-81(49)62(94)44(20-10-11-28-64)77-60(92)48-21-13-30-80(48)61(93)40(65)19-12-29-71-63(69)70/h4-9,15-18,37,40-49H,10-14,19-36,64-65H2,1-3H3,(H2,66,82)(H2,67,83)(H2,68,85)(H,72,86)(H,73,84)(H,74,89)(H,75,87)(H,76,91)(H,77,92)(H,78,90)(H,79,88)(H4,69,70,71)/t40-,41+,42-,43-,44+,45+,46+,47+,48+,49+/m1/s1. The number of thioether (sulfide) groups is 1. The number of carbonyl (C=O) groups excluding carboxylic acids is 13. The summed E-state index contributed by atoms with van der Waals surface area (Å²) in [5, 5.41) is 21.1. The first kappa shape index (κ1) is 78.5. The van der Waals surface area contributed by atoms with Gasteiger partial charge in [-0.1, -0.05) is 74.5 Å². The van der Waals surface area contributed by atoms with Crippen LogP contribution in [0.2, 0.25) is 0 Å². The Bertz CT molecular complexity index is 2960. The van der Waals surface area contributed by atoms with Gasteiger partial charge in [-0.2, -0.15) is 11.8 Å². The highest BCUT2D eigenvalue weighted by atomic mass is 32.2. The van der Waals surface area contributed by atoms with Crippen molar-refractivity contribution in [3.8, 4) is 0 Å². The summed E-state index contributed by atoms with van der Waals surface area (Å²) >= 11 is 1.45. The number of likely N-dealkylation sites (tertiary alicyclic amines) is 2. The van der Waals surface area contributed by atoms with Crippen LogP contribution >= 0.6 is 11.8 Å². The first-order valence-corrected chi connectivity index (χ1v) is 33.6. The first-order chi connectivity index (χ1) is 45.2. The normalized spacial score (nSPS) is 16.8. The van der Waals surface area contributed by atoms with E-state index in [2.05, 4.69) is 47.5 Å². The molecule has 0 saturated carbocycles. The van der Waals surface area contributed by atoms with Gasteiger partial charge in [0.1, 0.15) is 54.4 Å². The van der Waals surface area contributed by atoms with Crippen molar-refractivity contribution >= 4 is 94.5 Å². The zero-order chi connectivity index (χ0) is 70.1. The lowest BCUT2D eigenvalue weighted by molar-refractivity contribution is -0.144. The van der Waals surface area contributed by atoms with Crippen molar-refractivity contribution in [1.82, 2.24) is 52.3 Å². The van der Waals surface area contributed by atoms with Crippen LogP contribution in [-0.4, -0.2) is 198 Å². The third kappa shape index (κ3) is 27.5. The van der Waals surface area contributed by atoms with Gasteiger partial charge in [0, 0.05) is 45.3 Å². The topological polar surface area (TPSA) is 519 Å². The molecule has 31 nitrogen and oxygen atoms in total. The Kier molecular flexibility index (Phi) is 33.9. The summed E-state index contributed by atoms with van der Waals surface area (Å²) in [5.74, 6) is -9.80. The Balaban J connectivity index is 1.56. The number of hydrogen-bond donors (Lipinski definition) is 15. The summed E-state index contributed by atoms with van der Waals surface area (Å²) in [6.45, 7) is 3.86. The van der Waals surface area contributed by atoms with Crippen LogP contribution in [0.1, 0.15) is 121 Å². The molecule has 4 rings (SSSR count). The second kappa shape index (κ2) is 41.0. The molecule has 0 unspecified atom stereocenters. The molecular formula is C63H98N18O13S. The van der Waals surface area contributed by atoms with Gasteiger partial charge >= 0.3 is 0 Å². The molecular weight excluding hydrogens is 1250 g/mol. The number of nitrogens with zero attached hydrogens (tertiary/aromatic N) is 3. The molecule has 0 aliphatic carbocycles. The molecule has 2 aliphatic rings. The van der Waals surface area contributed by atoms with E-state index in [1.54, 1.807) is 60.7 Å². The summed E-state index contributed by atoms with van der Waals surface area (Å²) in [5.41, 5.74) is 40.6. The van der Waals surface area contributed by atoms with Crippen molar-refractivity contribution in [2.75, 3.05) is 44.7 Å². The summed E-state index contributed by atoms with van der Waals surface area (Å²) < 4.78 is 0. The molecule has 22 N–H and O–H groups in total. The van der Waals surface area contributed by atoms with Crippen LogP contribution in [-0.2, 0) is 75.2 Å². The molecule has 13 amide bonds. The van der Waals surface area contributed by atoms with Gasteiger partial charge in [0.2, 0.25) is 76.8 Å². The number of rotatable bonds is 42. The molecule has 10 atom stereocenters. The van der Waals surface area contributed by atoms with Crippen LogP contribution in [0.3, 0.4) is 0 Å². The van der Waals surface area contributed by atoms with Crippen LogP contribution in [0, 0.1) is 5.92 Å². The van der Waals surface area contributed by atoms with E-state index in [4.69, 9.17) is 40.1 Å². The fraction of sp³-hybridized carbons (Fsp3) is 0.587. The molecule has 0 bridgehead atoms. The molecule has 2 aromatic rings. The number of benzene rings is 2. The largest absolute Gasteiger partial charge is 0.370 e. The zero-order valence-corrected chi connectivity index (χ0v) is 55.3. The molecule has 0 aromatic heterocycles. The number of unbranched alkanes of at least 4 members (excludes halogenated alkanes) is 1. The first-order valence-electron chi connectivity index (χ1n) is 32.2. The molecule has 0 radical (unpaired) electrons. The second-order valence-electron chi connectivity index (χ2n) is 24.1. The van der Waals surface area contributed by atoms with Crippen LogP contribution in [0.4, 0.5) is 0 Å². The molecule has 2 aliphatic heterocycles. The minimum Gasteiger partial charge on any atom is -0.370 e. The molecule has 2 aromatic carbocycles. The van der Waals surface area contributed by atoms with Crippen LogP contribution in [0.15, 0.2) is 65.7 Å². The number of carbonyl (C=O) groups is 13. The average molecular weight is 1350 g/mol. The van der Waals surface area contributed by atoms with E-state index < -0.39 is 169 Å². The highest BCUT2D eigenvalue weighted by Crippen LogP contribution is 2.24. The Hall–Kier alpha value is -8.91.